The number of hydrogen-bond donors (Lipinski definition) is 0. The fourth-order valence-corrected chi connectivity index (χ4v) is 4.32. The molecule has 0 radical (unpaired) electrons. The lowest BCUT2D eigenvalue weighted by Crippen LogP contribution is -2.43. The Morgan fingerprint density at radius 1 is 1.12 bits per heavy atom. The van der Waals surface area contributed by atoms with Crippen molar-refractivity contribution in [3.05, 3.63) is 41.7 Å². The first-order valence-corrected chi connectivity index (χ1v) is 10.9. The number of ether oxygens (including phenoxy) is 1. The minimum atomic E-state index is -4.38. The Kier molecular flexibility index (Phi) is 6.37. The van der Waals surface area contributed by atoms with Gasteiger partial charge in [-0.1, -0.05) is 12.1 Å². The van der Waals surface area contributed by atoms with Gasteiger partial charge in [-0.05, 0) is 43.4 Å². The molecule has 2 aliphatic rings. The van der Waals surface area contributed by atoms with Crippen molar-refractivity contribution < 1.29 is 22.7 Å². The number of nitrogens with zero attached hydrogens (tertiary/aromatic N) is 4. The molecule has 0 saturated carbocycles. The Morgan fingerprint density at radius 3 is 2.38 bits per heavy atom. The van der Waals surface area contributed by atoms with Crippen molar-refractivity contribution in [2.45, 2.75) is 43.9 Å². The predicted molar refractivity (Wildman–Crippen MR) is 114 cm³/mol. The molecule has 1 amide bonds. The molecule has 0 N–H and O–H groups in total. The highest BCUT2D eigenvalue weighted by Gasteiger charge is 2.33. The maximum Gasteiger partial charge on any atom is 0.416 e. The molecule has 1 aromatic carbocycles. The highest BCUT2D eigenvalue weighted by atomic mass is 19.4. The van der Waals surface area contributed by atoms with Crippen molar-refractivity contribution in [2.75, 3.05) is 38.7 Å². The van der Waals surface area contributed by atoms with Crippen molar-refractivity contribution >= 4 is 11.9 Å². The molecule has 9 heteroatoms. The van der Waals surface area contributed by atoms with Gasteiger partial charge in [-0.25, -0.2) is 9.97 Å². The van der Waals surface area contributed by atoms with Gasteiger partial charge in [-0.2, -0.15) is 13.2 Å². The predicted octanol–water partition coefficient (Wildman–Crippen LogP) is 4.11. The quantitative estimate of drug-likeness (QED) is 0.705. The van der Waals surface area contributed by atoms with E-state index < -0.39 is 11.7 Å². The van der Waals surface area contributed by atoms with Gasteiger partial charge >= 0.3 is 6.18 Å². The summed E-state index contributed by atoms with van der Waals surface area (Å²) in [6.45, 7) is 1.85. The average Bonchev–Trinajstić information content (AvgIpc) is 3.33. The average molecular weight is 448 g/mol. The van der Waals surface area contributed by atoms with Crippen LogP contribution in [0.4, 0.5) is 19.1 Å². The molecule has 0 aliphatic carbocycles. The van der Waals surface area contributed by atoms with E-state index in [1.165, 1.54) is 12.1 Å². The SMILES string of the molecule is CN(C)c1ncc(-c2ccc(C(F)(F)F)cc2)c(C2CCN(C(=O)[C@@H]3CCCO3)CC2)n1. The number of anilines is 1. The van der Waals surface area contributed by atoms with E-state index in [1.54, 1.807) is 11.1 Å². The van der Waals surface area contributed by atoms with Crippen LogP contribution in [0.15, 0.2) is 30.5 Å². The van der Waals surface area contributed by atoms with Crippen LogP contribution in [-0.2, 0) is 15.7 Å². The number of likely N-dealkylation sites (tertiary alicyclic amines) is 1. The van der Waals surface area contributed by atoms with Crippen LogP contribution in [-0.4, -0.2) is 60.7 Å². The van der Waals surface area contributed by atoms with Crippen LogP contribution in [0.5, 0.6) is 0 Å². The van der Waals surface area contributed by atoms with Gasteiger partial charge in [0.25, 0.3) is 5.91 Å². The number of carbonyl (C=O) groups excluding carboxylic acids is 1. The maximum atomic E-state index is 13.0. The zero-order valence-corrected chi connectivity index (χ0v) is 18.2. The topological polar surface area (TPSA) is 58.6 Å². The molecule has 32 heavy (non-hydrogen) atoms. The molecule has 2 aromatic rings. The second kappa shape index (κ2) is 9.05. The monoisotopic (exact) mass is 448 g/mol. The highest BCUT2D eigenvalue weighted by molar-refractivity contribution is 5.81. The molecule has 1 aromatic heterocycles. The number of aromatic nitrogens is 2. The van der Waals surface area contributed by atoms with Crippen molar-refractivity contribution in [1.82, 2.24) is 14.9 Å². The molecule has 0 unspecified atom stereocenters. The summed E-state index contributed by atoms with van der Waals surface area (Å²) in [4.78, 5) is 25.5. The van der Waals surface area contributed by atoms with Gasteiger partial charge in [-0.15, -0.1) is 0 Å². The Hall–Kier alpha value is -2.68. The third-order valence-corrected chi connectivity index (χ3v) is 6.13. The summed E-state index contributed by atoms with van der Waals surface area (Å²) in [6, 6.07) is 5.11. The van der Waals surface area contributed by atoms with E-state index >= 15 is 0 Å². The van der Waals surface area contributed by atoms with Crippen LogP contribution in [0.3, 0.4) is 0 Å². The molecule has 1 atom stereocenters. The summed E-state index contributed by atoms with van der Waals surface area (Å²) >= 11 is 0. The second-order valence-electron chi connectivity index (χ2n) is 8.54. The molecule has 2 aliphatic heterocycles. The van der Waals surface area contributed by atoms with Gasteiger partial charge < -0.3 is 14.5 Å². The number of carbonyl (C=O) groups is 1. The van der Waals surface area contributed by atoms with E-state index in [4.69, 9.17) is 9.72 Å². The van der Waals surface area contributed by atoms with Crippen molar-refractivity contribution in [1.29, 1.82) is 0 Å². The summed E-state index contributed by atoms with van der Waals surface area (Å²) in [7, 11) is 3.69. The lowest BCUT2D eigenvalue weighted by molar-refractivity contribution is -0.142. The normalized spacial score (nSPS) is 19.9. The molecule has 3 heterocycles. The van der Waals surface area contributed by atoms with Gasteiger partial charge in [0.05, 0.1) is 11.3 Å². The molecule has 172 valence electrons. The smallest absolute Gasteiger partial charge is 0.368 e. The first kappa shape index (κ1) is 22.5. The van der Waals surface area contributed by atoms with E-state index in [0.717, 1.165) is 49.1 Å². The van der Waals surface area contributed by atoms with Crippen molar-refractivity contribution in [3.63, 3.8) is 0 Å². The molecule has 0 spiro atoms. The number of alkyl halides is 3. The van der Waals surface area contributed by atoms with Gasteiger partial charge in [0.1, 0.15) is 6.10 Å². The van der Waals surface area contributed by atoms with Crippen molar-refractivity contribution in [2.24, 2.45) is 0 Å². The number of hydrogen-bond acceptors (Lipinski definition) is 5. The highest BCUT2D eigenvalue weighted by Crippen LogP contribution is 2.36. The summed E-state index contributed by atoms with van der Waals surface area (Å²) in [5.74, 6) is 0.691. The summed E-state index contributed by atoms with van der Waals surface area (Å²) in [5.41, 5.74) is 1.51. The van der Waals surface area contributed by atoms with Gasteiger partial charge in [0.2, 0.25) is 5.95 Å². The Labute approximate surface area is 185 Å². The Balaban J connectivity index is 1.57. The maximum absolute atomic E-state index is 13.0. The summed E-state index contributed by atoms with van der Waals surface area (Å²) in [5, 5.41) is 0. The number of benzene rings is 1. The number of amides is 1. The van der Waals surface area contributed by atoms with Crippen LogP contribution in [0.2, 0.25) is 0 Å². The van der Waals surface area contributed by atoms with Crippen LogP contribution in [0, 0.1) is 0 Å². The molecule has 6 nitrogen and oxygen atoms in total. The van der Waals surface area contributed by atoms with Crippen LogP contribution < -0.4 is 4.90 Å². The van der Waals surface area contributed by atoms with E-state index in [0.29, 0.717) is 31.2 Å². The fourth-order valence-electron chi connectivity index (χ4n) is 4.32. The van der Waals surface area contributed by atoms with E-state index in [9.17, 15) is 18.0 Å². The van der Waals surface area contributed by atoms with E-state index in [2.05, 4.69) is 4.98 Å². The Morgan fingerprint density at radius 2 is 1.81 bits per heavy atom. The minimum absolute atomic E-state index is 0.0561. The molecule has 2 fully saturated rings. The summed E-state index contributed by atoms with van der Waals surface area (Å²) < 4.78 is 44.5. The van der Waals surface area contributed by atoms with Crippen LogP contribution in [0.25, 0.3) is 11.1 Å². The third-order valence-electron chi connectivity index (χ3n) is 6.13. The zero-order valence-electron chi connectivity index (χ0n) is 18.2. The largest absolute Gasteiger partial charge is 0.416 e. The van der Waals surface area contributed by atoms with Crippen molar-refractivity contribution in [3.8, 4) is 11.1 Å². The lowest BCUT2D eigenvalue weighted by Gasteiger charge is -2.34. The van der Waals surface area contributed by atoms with E-state index in [1.807, 2.05) is 19.0 Å². The fraction of sp³-hybridized carbons (Fsp3) is 0.522. The first-order chi connectivity index (χ1) is 15.2. The first-order valence-electron chi connectivity index (χ1n) is 10.9. The van der Waals surface area contributed by atoms with Crippen LogP contribution >= 0.6 is 0 Å². The van der Waals surface area contributed by atoms with E-state index in [-0.39, 0.29) is 17.9 Å². The minimum Gasteiger partial charge on any atom is -0.368 e. The molecular weight excluding hydrogens is 421 g/mol. The molecular formula is C23H27F3N4O2. The molecule has 2 saturated heterocycles. The third kappa shape index (κ3) is 4.72. The van der Waals surface area contributed by atoms with Gasteiger partial charge in [0.15, 0.2) is 0 Å². The van der Waals surface area contributed by atoms with Gasteiger partial charge in [0, 0.05) is 51.5 Å². The standard InChI is InChI=1S/C23H27F3N4O2/c1-29(2)22-27-14-18(15-5-7-17(8-6-15)23(24,25)26)20(28-22)16-9-11-30(12-10-16)21(31)19-4-3-13-32-19/h5-8,14,16,19H,3-4,9-13H2,1-2H3/t19-/m0/s1. The molecule has 0 bridgehead atoms. The number of piperidine rings is 1. The number of rotatable bonds is 4. The van der Waals surface area contributed by atoms with Crippen LogP contribution in [0.1, 0.15) is 42.9 Å². The molecule has 4 rings (SSSR count). The number of halogens is 3. The second-order valence-corrected chi connectivity index (χ2v) is 8.54. The summed E-state index contributed by atoms with van der Waals surface area (Å²) in [6.07, 6.45) is 0.131. The Bertz CT molecular complexity index is 949. The zero-order chi connectivity index (χ0) is 22.9. The lowest BCUT2D eigenvalue weighted by atomic mass is 9.88. The van der Waals surface area contributed by atoms with Gasteiger partial charge in [-0.3, -0.25) is 4.79 Å².